The van der Waals surface area contributed by atoms with Crippen LogP contribution in [0.3, 0.4) is 0 Å². The molecular formula is C14H17NO3S2. The normalized spacial score (nSPS) is 19.1. The Balaban J connectivity index is 2.24. The highest BCUT2D eigenvalue weighted by Crippen LogP contribution is 2.20. The van der Waals surface area contributed by atoms with Crippen molar-refractivity contribution >= 4 is 21.8 Å². The third-order valence-corrected chi connectivity index (χ3v) is 5.75. The Morgan fingerprint density at radius 2 is 2.20 bits per heavy atom. The SMILES string of the molecule is O=S(=O)(NC1CCCSC1)c1ccccc1C#CCO. The highest BCUT2D eigenvalue weighted by molar-refractivity contribution is 7.99. The monoisotopic (exact) mass is 311 g/mol. The average molecular weight is 311 g/mol. The molecule has 1 heterocycles. The van der Waals surface area contributed by atoms with E-state index >= 15 is 0 Å². The summed E-state index contributed by atoms with van der Waals surface area (Å²) in [6.45, 7) is -0.291. The zero-order valence-corrected chi connectivity index (χ0v) is 12.6. The number of sulfonamides is 1. The van der Waals surface area contributed by atoms with Crippen LogP contribution in [0.15, 0.2) is 29.2 Å². The molecule has 1 unspecified atom stereocenters. The topological polar surface area (TPSA) is 66.4 Å². The van der Waals surface area contributed by atoms with Crippen molar-refractivity contribution in [3.63, 3.8) is 0 Å². The molecule has 108 valence electrons. The van der Waals surface area contributed by atoms with E-state index in [1.165, 1.54) is 0 Å². The van der Waals surface area contributed by atoms with Gasteiger partial charge in [0, 0.05) is 17.4 Å². The van der Waals surface area contributed by atoms with Crippen LogP contribution in [0.5, 0.6) is 0 Å². The lowest BCUT2D eigenvalue weighted by Gasteiger charge is -2.22. The molecule has 1 aliphatic heterocycles. The molecule has 1 atom stereocenters. The molecule has 0 radical (unpaired) electrons. The molecule has 2 N–H and O–H groups in total. The van der Waals surface area contributed by atoms with Crippen LogP contribution < -0.4 is 4.72 Å². The molecule has 1 fully saturated rings. The van der Waals surface area contributed by atoms with Gasteiger partial charge in [-0.1, -0.05) is 24.0 Å². The third-order valence-electron chi connectivity index (χ3n) is 2.96. The van der Waals surface area contributed by atoms with Crippen LogP contribution in [-0.4, -0.2) is 37.7 Å². The van der Waals surface area contributed by atoms with Crippen molar-refractivity contribution in [3.8, 4) is 11.8 Å². The second kappa shape index (κ2) is 7.14. The first-order chi connectivity index (χ1) is 9.63. The van der Waals surface area contributed by atoms with Gasteiger partial charge in [0.15, 0.2) is 0 Å². The Kier molecular flexibility index (Phi) is 5.49. The largest absolute Gasteiger partial charge is 0.384 e. The number of aliphatic hydroxyl groups excluding tert-OH is 1. The van der Waals surface area contributed by atoms with Crippen LogP contribution in [0.4, 0.5) is 0 Å². The smallest absolute Gasteiger partial charge is 0.242 e. The minimum Gasteiger partial charge on any atom is -0.384 e. The summed E-state index contributed by atoms with van der Waals surface area (Å²) in [4.78, 5) is 0.177. The van der Waals surface area contributed by atoms with Crippen molar-refractivity contribution in [1.82, 2.24) is 4.72 Å². The van der Waals surface area contributed by atoms with Crippen LogP contribution >= 0.6 is 11.8 Å². The fourth-order valence-corrected chi connectivity index (χ4v) is 4.67. The van der Waals surface area contributed by atoms with Crippen LogP contribution in [-0.2, 0) is 10.0 Å². The number of aliphatic hydroxyl groups is 1. The van der Waals surface area contributed by atoms with Gasteiger partial charge in [-0.15, -0.1) is 0 Å². The Morgan fingerprint density at radius 1 is 1.40 bits per heavy atom. The molecule has 0 spiro atoms. The highest BCUT2D eigenvalue weighted by Gasteiger charge is 2.23. The minimum absolute atomic E-state index is 0.0161. The maximum absolute atomic E-state index is 12.4. The summed E-state index contributed by atoms with van der Waals surface area (Å²) >= 11 is 1.77. The van der Waals surface area contributed by atoms with Gasteiger partial charge in [0.2, 0.25) is 10.0 Å². The lowest BCUT2D eigenvalue weighted by molar-refractivity contribution is 0.350. The molecule has 1 aliphatic rings. The number of rotatable bonds is 3. The number of nitrogens with one attached hydrogen (secondary N) is 1. The van der Waals surface area contributed by atoms with Gasteiger partial charge in [-0.2, -0.15) is 11.8 Å². The van der Waals surface area contributed by atoms with E-state index in [1.54, 1.807) is 36.0 Å². The van der Waals surface area contributed by atoms with Gasteiger partial charge in [-0.3, -0.25) is 0 Å². The Morgan fingerprint density at radius 3 is 2.90 bits per heavy atom. The van der Waals surface area contributed by atoms with Crippen LogP contribution in [0, 0.1) is 11.8 Å². The maximum Gasteiger partial charge on any atom is 0.242 e. The van der Waals surface area contributed by atoms with Crippen molar-refractivity contribution in [2.45, 2.75) is 23.8 Å². The van der Waals surface area contributed by atoms with Crippen molar-refractivity contribution in [1.29, 1.82) is 0 Å². The predicted molar refractivity (Wildman–Crippen MR) is 81.1 cm³/mol. The summed E-state index contributed by atoms with van der Waals surface area (Å²) in [7, 11) is -3.57. The summed E-state index contributed by atoms with van der Waals surface area (Å²) in [6.07, 6.45) is 1.90. The number of hydrogen-bond donors (Lipinski definition) is 2. The standard InChI is InChI=1S/C14H17NO3S2/c16-9-3-6-12-5-1-2-8-14(12)20(17,18)15-13-7-4-10-19-11-13/h1-2,5,8,13,15-16H,4,7,9-11H2. The quantitative estimate of drug-likeness (QED) is 0.823. The van der Waals surface area contributed by atoms with Gasteiger partial charge >= 0.3 is 0 Å². The second-order valence-electron chi connectivity index (χ2n) is 4.49. The lowest BCUT2D eigenvalue weighted by atomic mass is 10.2. The van der Waals surface area contributed by atoms with E-state index in [4.69, 9.17) is 5.11 Å². The first-order valence-corrected chi connectivity index (χ1v) is 9.06. The Bertz CT molecular complexity index is 611. The van der Waals surface area contributed by atoms with Crippen molar-refractivity contribution < 1.29 is 13.5 Å². The second-order valence-corrected chi connectivity index (χ2v) is 7.32. The third kappa shape index (κ3) is 4.00. The fourth-order valence-electron chi connectivity index (χ4n) is 2.06. The van der Waals surface area contributed by atoms with Gasteiger partial charge in [0.05, 0.1) is 4.90 Å². The Labute approximate surface area is 124 Å². The molecule has 0 bridgehead atoms. The van der Waals surface area contributed by atoms with Gasteiger partial charge in [-0.25, -0.2) is 13.1 Å². The molecule has 0 amide bonds. The lowest BCUT2D eigenvalue weighted by Crippen LogP contribution is -2.38. The van der Waals surface area contributed by atoms with E-state index in [2.05, 4.69) is 16.6 Å². The summed E-state index contributed by atoms with van der Waals surface area (Å²) in [6, 6.07) is 6.58. The molecule has 6 heteroatoms. The number of hydrogen-bond acceptors (Lipinski definition) is 4. The Hall–Kier alpha value is -1.00. The summed E-state index contributed by atoms with van der Waals surface area (Å²) in [5, 5.41) is 8.74. The van der Waals surface area contributed by atoms with Crippen molar-refractivity contribution in [2.75, 3.05) is 18.1 Å². The molecule has 1 aromatic carbocycles. The van der Waals surface area contributed by atoms with E-state index < -0.39 is 10.0 Å². The van der Waals surface area contributed by atoms with Crippen LogP contribution in [0.25, 0.3) is 0 Å². The molecule has 20 heavy (non-hydrogen) atoms. The van der Waals surface area contributed by atoms with E-state index in [-0.39, 0.29) is 17.5 Å². The van der Waals surface area contributed by atoms with Gasteiger partial charge in [0.1, 0.15) is 6.61 Å². The first-order valence-electron chi connectivity index (χ1n) is 6.42. The van der Waals surface area contributed by atoms with E-state index in [1.807, 2.05) is 0 Å². The summed E-state index contributed by atoms with van der Waals surface area (Å²) < 4.78 is 27.6. The zero-order valence-electron chi connectivity index (χ0n) is 11.0. The van der Waals surface area contributed by atoms with E-state index in [0.717, 1.165) is 24.3 Å². The molecule has 0 saturated carbocycles. The van der Waals surface area contributed by atoms with Crippen LogP contribution in [0.2, 0.25) is 0 Å². The summed E-state index contributed by atoms with van der Waals surface area (Å²) in [5.74, 6) is 7.08. The average Bonchev–Trinajstić information content (AvgIpc) is 2.46. The van der Waals surface area contributed by atoms with Gasteiger partial charge in [-0.05, 0) is 30.7 Å². The highest BCUT2D eigenvalue weighted by atomic mass is 32.2. The summed E-state index contributed by atoms with van der Waals surface area (Å²) in [5.41, 5.74) is 0.414. The van der Waals surface area contributed by atoms with Crippen LogP contribution in [0.1, 0.15) is 18.4 Å². The molecule has 1 aromatic rings. The van der Waals surface area contributed by atoms with Crippen molar-refractivity contribution in [2.24, 2.45) is 0 Å². The maximum atomic E-state index is 12.4. The van der Waals surface area contributed by atoms with Gasteiger partial charge in [0.25, 0.3) is 0 Å². The molecule has 1 saturated heterocycles. The first kappa shape index (κ1) is 15.4. The molecule has 2 rings (SSSR count). The molecule has 4 nitrogen and oxygen atoms in total. The molecule has 0 aliphatic carbocycles. The zero-order chi connectivity index (χ0) is 14.4. The minimum atomic E-state index is -3.57. The molecular weight excluding hydrogens is 294 g/mol. The predicted octanol–water partition coefficient (Wildman–Crippen LogP) is 1.20. The van der Waals surface area contributed by atoms with Gasteiger partial charge < -0.3 is 5.11 Å². The number of benzene rings is 1. The van der Waals surface area contributed by atoms with E-state index in [0.29, 0.717) is 5.56 Å². The molecule has 0 aromatic heterocycles. The van der Waals surface area contributed by atoms with Crippen molar-refractivity contribution in [3.05, 3.63) is 29.8 Å². The fraction of sp³-hybridized carbons (Fsp3) is 0.429. The number of thioether (sulfide) groups is 1. The van der Waals surface area contributed by atoms with E-state index in [9.17, 15) is 8.42 Å².